The molecule has 0 unspecified atom stereocenters. The number of hydrogen-bond acceptors (Lipinski definition) is 1. The third kappa shape index (κ3) is 4.14. The lowest BCUT2D eigenvalue weighted by Gasteiger charge is -2.18. The van der Waals surface area contributed by atoms with Crippen molar-refractivity contribution in [2.45, 2.75) is 12.7 Å². The van der Waals surface area contributed by atoms with Crippen LogP contribution in [0.3, 0.4) is 0 Å². The van der Waals surface area contributed by atoms with E-state index in [9.17, 15) is 22.0 Å². The molecular formula is C10H10F5N. The Balaban J connectivity index is 2.63. The van der Waals surface area contributed by atoms with E-state index in [4.69, 9.17) is 0 Å². The van der Waals surface area contributed by atoms with Gasteiger partial charge in [-0.25, -0.2) is 8.78 Å². The van der Waals surface area contributed by atoms with E-state index in [0.29, 0.717) is 5.56 Å². The van der Waals surface area contributed by atoms with Crippen molar-refractivity contribution in [1.82, 2.24) is 4.90 Å². The van der Waals surface area contributed by atoms with Crippen LogP contribution in [0.15, 0.2) is 18.2 Å². The molecule has 16 heavy (non-hydrogen) atoms. The molecule has 0 atom stereocenters. The minimum atomic E-state index is -4.30. The minimum absolute atomic E-state index is 0.0866. The van der Waals surface area contributed by atoms with E-state index < -0.39 is 24.4 Å². The van der Waals surface area contributed by atoms with Gasteiger partial charge in [-0.1, -0.05) is 6.07 Å². The second-order valence-corrected chi connectivity index (χ2v) is 3.54. The molecule has 1 nitrogen and oxygen atoms in total. The fourth-order valence-electron chi connectivity index (χ4n) is 1.31. The standard InChI is InChI=1S/C10H10F5N/c1-16(6-10(13,14)15)5-7-2-3-8(11)9(12)4-7/h2-4H,5-6H2,1H3. The van der Waals surface area contributed by atoms with Crippen molar-refractivity contribution in [2.75, 3.05) is 13.6 Å². The molecule has 0 saturated heterocycles. The Morgan fingerprint density at radius 1 is 1.12 bits per heavy atom. The quantitative estimate of drug-likeness (QED) is 0.733. The first kappa shape index (κ1) is 12.9. The molecule has 0 amide bonds. The molecule has 90 valence electrons. The van der Waals surface area contributed by atoms with Crippen LogP contribution in [0.25, 0.3) is 0 Å². The van der Waals surface area contributed by atoms with Gasteiger partial charge in [-0.3, -0.25) is 4.90 Å². The van der Waals surface area contributed by atoms with Gasteiger partial charge in [-0.15, -0.1) is 0 Å². The maximum atomic E-state index is 12.8. The van der Waals surface area contributed by atoms with Gasteiger partial charge in [0, 0.05) is 6.54 Å². The zero-order valence-electron chi connectivity index (χ0n) is 8.48. The van der Waals surface area contributed by atoms with E-state index in [1.807, 2.05) is 0 Å². The molecule has 0 aliphatic heterocycles. The normalized spacial score (nSPS) is 12.2. The van der Waals surface area contributed by atoms with Crippen molar-refractivity contribution >= 4 is 0 Å². The lowest BCUT2D eigenvalue weighted by molar-refractivity contribution is -0.144. The van der Waals surface area contributed by atoms with Gasteiger partial charge in [-0.05, 0) is 24.7 Å². The van der Waals surface area contributed by atoms with E-state index in [-0.39, 0.29) is 6.54 Å². The summed E-state index contributed by atoms with van der Waals surface area (Å²) < 4.78 is 61.2. The van der Waals surface area contributed by atoms with E-state index >= 15 is 0 Å². The second kappa shape index (κ2) is 4.78. The van der Waals surface area contributed by atoms with Crippen LogP contribution in [0.5, 0.6) is 0 Å². The Hall–Kier alpha value is -1.17. The number of hydrogen-bond donors (Lipinski definition) is 0. The molecule has 0 heterocycles. The molecular weight excluding hydrogens is 229 g/mol. The first-order chi connectivity index (χ1) is 7.28. The topological polar surface area (TPSA) is 3.24 Å². The fourth-order valence-corrected chi connectivity index (χ4v) is 1.31. The molecule has 0 N–H and O–H groups in total. The number of nitrogens with zero attached hydrogens (tertiary/aromatic N) is 1. The molecule has 0 radical (unpaired) electrons. The highest BCUT2D eigenvalue weighted by Crippen LogP contribution is 2.17. The summed E-state index contributed by atoms with van der Waals surface area (Å²) in [6.07, 6.45) is -4.30. The Kier molecular flexibility index (Phi) is 3.85. The molecule has 1 aromatic rings. The zero-order chi connectivity index (χ0) is 12.3. The number of alkyl halides is 3. The lowest BCUT2D eigenvalue weighted by atomic mass is 10.2. The van der Waals surface area contributed by atoms with Gasteiger partial charge in [0.2, 0.25) is 0 Å². The highest BCUT2D eigenvalue weighted by molar-refractivity contribution is 5.17. The molecule has 0 fully saturated rings. The van der Waals surface area contributed by atoms with Crippen molar-refractivity contribution in [1.29, 1.82) is 0 Å². The van der Waals surface area contributed by atoms with Crippen molar-refractivity contribution in [3.63, 3.8) is 0 Å². The highest BCUT2D eigenvalue weighted by Gasteiger charge is 2.29. The first-order valence-corrected chi connectivity index (χ1v) is 4.47. The monoisotopic (exact) mass is 239 g/mol. The van der Waals surface area contributed by atoms with Gasteiger partial charge in [0.05, 0.1) is 6.54 Å². The Morgan fingerprint density at radius 3 is 2.25 bits per heavy atom. The largest absolute Gasteiger partial charge is 0.401 e. The average molecular weight is 239 g/mol. The van der Waals surface area contributed by atoms with Crippen LogP contribution in [0, 0.1) is 11.6 Å². The molecule has 0 spiro atoms. The summed E-state index contributed by atoms with van der Waals surface area (Å²) in [7, 11) is 1.26. The molecule has 6 heteroatoms. The van der Waals surface area contributed by atoms with E-state index in [1.54, 1.807) is 0 Å². The van der Waals surface area contributed by atoms with Crippen LogP contribution >= 0.6 is 0 Å². The Labute approximate surface area is 89.5 Å². The number of benzene rings is 1. The van der Waals surface area contributed by atoms with E-state index in [2.05, 4.69) is 0 Å². The van der Waals surface area contributed by atoms with E-state index in [0.717, 1.165) is 17.0 Å². The Bertz CT molecular complexity index is 361. The summed E-state index contributed by atoms with van der Waals surface area (Å²) >= 11 is 0. The van der Waals surface area contributed by atoms with Crippen LogP contribution in [0.1, 0.15) is 5.56 Å². The summed E-state index contributed by atoms with van der Waals surface area (Å²) in [5.74, 6) is -2.07. The maximum Gasteiger partial charge on any atom is 0.401 e. The first-order valence-electron chi connectivity index (χ1n) is 4.47. The SMILES string of the molecule is CN(Cc1ccc(F)c(F)c1)CC(F)(F)F. The van der Waals surface area contributed by atoms with Gasteiger partial charge >= 0.3 is 6.18 Å². The summed E-state index contributed by atoms with van der Waals surface area (Å²) in [5.41, 5.74) is 0.297. The highest BCUT2D eigenvalue weighted by atomic mass is 19.4. The number of halogens is 5. The number of rotatable bonds is 3. The summed E-state index contributed by atoms with van der Waals surface area (Å²) in [6.45, 7) is -1.18. The molecule has 1 rings (SSSR count). The van der Waals surface area contributed by atoms with Crippen molar-refractivity contribution in [3.8, 4) is 0 Å². The van der Waals surface area contributed by atoms with Gasteiger partial charge in [-0.2, -0.15) is 13.2 Å². The second-order valence-electron chi connectivity index (χ2n) is 3.54. The minimum Gasteiger partial charge on any atom is -0.294 e. The van der Waals surface area contributed by atoms with Crippen LogP contribution in [-0.4, -0.2) is 24.7 Å². The van der Waals surface area contributed by atoms with Crippen molar-refractivity contribution in [3.05, 3.63) is 35.4 Å². The summed E-state index contributed by atoms with van der Waals surface area (Å²) in [5, 5.41) is 0. The molecule has 0 bridgehead atoms. The lowest BCUT2D eigenvalue weighted by Crippen LogP contribution is -2.30. The smallest absolute Gasteiger partial charge is 0.294 e. The molecule has 0 saturated carbocycles. The van der Waals surface area contributed by atoms with Gasteiger partial charge < -0.3 is 0 Å². The van der Waals surface area contributed by atoms with Crippen LogP contribution < -0.4 is 0 Å². The Morgan fingerprint density at radius 2 is 1.75 bits per heavy atom. The van der Waals surface area contributed by atoms with Crippen LogP contribution in [0.2, 0.25) is 0 Å². The van der Waals surface area contributed by atoms with Crippen molar-refractivity contribution < 1.29 is 22.0 Å². The van der Waals surface area contributed by atoms with Gasteiger partial charge in [0.25, 0.3) is 0 Å². The zero-order valence-corrected chi connectivity index (χ0v) is 8.48. The van der Waals surface area contributed by atoms with Crippen molar-refractivity contribution in [2.24, 2.45) is 0 Å². The summed E-state index contributed by atoms with van der Waals surface area (Å²) in [4.78, 5) is 0.979. The maximum absolute atomic E-state index is 12.8. The van der Waals surface area contributed by atoms with Gasteiger partial charge in [0.1, 0.15) is 0 Å². The molecule has 0 aromatic heterocycles. The third-order valence-corrected chi connectivity index (χ3v) is 1.89. The molecule has 0 aliphatic carbocycles. The van der Waals surface area contributed by atoms with Crippen LogP contribution in [-0.2, 0) is 6.54 Å². The van der Waals surface area contributed by atoms with Crippen LogP contribution in [0.4, 0.5) is 22.0 Å². The third-order valence-electron chi connectivity index (χ3n) is 1.89. The molecule has 0 aliphatic rings. The summed E-state index contributed by atoms with van der Waals surface area (Å²) in [6, 6.07) is 3.04. The molecule has 1 aromatic carbocycles. The van der Waals surface area contributed by atoms with Gasteiger partial charge in [0.15, 0.2) is 11.6 Å². The average Bonchev–Trinajstić information content (AvgIpc) is 2.08. The predicted octanol–water partition coefficient (Wildman–Crippen LogP) is 2.96. The van der Waals surface area contributed by atoms with E-state index in [1.165, 1.54) is 13.1 Å². The fraction of sp³-hybridized carbons (Fsp3) is 0.400. The predicted molar refractivity (Wildman–Crippen MR) is 48.7 cm³/mol.